The maximum Gasteiger partial charge on any atom is 0.233 e. The lowest BCUT2D eigenvalue weighted by atomic mass is 9.97. The summed E-state index contributed by atoms with van der Waals surface area (Å²) in [6.45, 7) is 0.580. The minimum absolute atomic E-state index is 0.0941. The van der Waals surface area contributed by atoms with Gasteiger partial charge in [-0.05, 0) is 48.9 Å². The van der Waals surface area contributed by atoms with Gasteiger partial charge in [0.2, 0.25) is 5.91 Å². The number of nitrogens with zero attached hydrogens (tertiary/aromatic N) is 3. The molecule has 1 amide bonds. The second kappa shape index (κ2) is 8.49. The third kappa shape index (κ3) is 4.00. The monoisotopic (exact) mass is 413 g/mol. The van der Waals surface area contributed by atoms with E-state index in [0.29, 0.717) is 12.3 Å². The summed E-state index contributed by atoms with van der Waals surface area (Å²) in [7, 11) is 3.49. The van der Waals surface area contributed by atoms with Crippen LogP contribution in [-0.2, 0) is 24.2 Å². The molecular formula is C21H23N3O2S2. The Kier molecular flexibility index (Phi) is 5.82. The molecule has 0 spiro atoms. The van der Waals surface area contributed by atoms with E-state index in [9.17, 15) is 4.79 Å². The minimum atomic E-state index is 0.0941. The van der Waals surface area contributed by atoms with Gasteiger partial charge in [0, 0.05) is 23.9 Å². The number of ether oxygens (including phenoxy) is 1. The third-order valence-electron chi connectivity index (χ3n) is 5.05. The zero-order valence-corrected chi connectivity index (χ0v) is 17.7. The summed E-state index contributed by atoms with van der Waals surface area (Å²) < 4.78 is 5.18. The molecule has 0 N–H and O–H groups in total. The number of methoxy groups -OCH3 is 1. The van der Waals surface area contributed by atoms with Gasteiger partial charge in [-0.3, -0.25) is 4.79 Å². The normalized spacial score (nSPS) is 13.4. The van der Waals surface area contributed by atoms with Crippen LogP contribution in [0.2, 0.25) is 0 Å². The van der Waals surface area contributed by atoms with Crippen molar-refractivity contribution in [2.45, 2.75) is 37.3 Å². The van der Waals surface area contributed by atoms with Crippen molar-refractivity contribution >= 4 is 39.2 Å². The molecule has 4 rings (SSSR count). The first-order valence-electron chi connectivity index (χ1n) is 9.40. The third-order valence-corrected chi connectivity index (χ3v) is 7.23. The number of amides is 1. The lowest BCUT2D eigenvalue weighted by molar-refractivity contribution is -0.127. The molecule has 3 aromatic rings. The second-order valence-electron chi connectivity index (χ2n) is 6.96. The molecule has 0 unspecified atom stereocenters. The Labute approximate surface area is 173 Å². The van der Waals surface area contributed by atoms with Crippen LogP contribution in [0.25, 0.3) is 10.2 Å². The average molecular weight is 414 g/mol. The van der Waals surface area contributed by atoms with Gasteiger partial charge in [-0.1, -0.05) is 23.9 Å². The molecule has 0 aliphatic heterocycles. The molecule has 5 nitrogen and oxygen atoms in total. The molecule has 0 fully saturated rings. The van der Waals surface area contributed by atoms with E-state index in [1.165, 1.54) is 40.4 Å². The highest BCUT2D eigenvalue weighted by Crippen LogP contribution is 2.39. The van der Waals surface area contributed by atoms with E-state index in [2.05, 4.69) is 9.97 Å². The number of carbonyl (C=O) groups excluding carboxylic acids is 1. The number of carbonyl (C=O) groups is 1. The predicted octanol–water partition coefficient (Wildman–Crippen LogP) is 4.33. The van der Waals surface area contributed by atoms with E-state index in [4.69, 9.17) is 4.74 Å². The lowest BCUT2D eigenvalue weighted by Gasteiger charge is -2.17. The first-order valence-corrected chi connectivity index (χ1v) is 11.2. The summed E-state index contributed by atoms with van der Waals surface area (Å²) in [5, 5.41) is 2.12. The number of rotatable bonds is 6. The number of aryl methyl sites for hydroxylation is 2. The first-order chi connectivity index (χ1) is 13.7. The Morgan fingerprint density at radius 1 is 1.21 bits per heavy atom. The molecule has 0 radical (unpaired) electrons. The molecule has 1 aliphatic carbocycles. The summed E-state index contributed by atoms with van der Waals surface area (Å²) >= 11 is 3.31. The molecule has 2 aromatic heterocycles. The van der Waals surface area contributed by atoms with Gasteiger partial charge in [0.15, 0.2) is 0 Å². The molecule has 0 saturated carbocycles. The van der Waals surface area contributed by atoms with E-state index in [1.807, 2.05) is 31.3 Å². The highest BCUT2D eigenvalue weighted by molar-refractivity contribution is 8.00. The van der Waals surface area contributed by atoms with Crippen LogP contribution >= 0.6 is 23.1 Å². The minimum Gasteiger partial charge on any atom is -0.497 e. The molecule has 1 aromatic carbocycles. The van der Waals surface area contributed by atoms with Crippen LogP contribution in [0.3, 0.4) is 0 Å². The smallest absolute Gasteiger partial charge is 0.233 e. The summed E-state index contributed by atoms with van der Waals surface area (Å²) in [5.41, 5.74) is 2.49. The summed E-state index contributed by atoms with van der Waals surface area (Å²) in [6, 6.07) is 7.81. The molecule has 28 heavy (non-hydrogen) atoms. The highest BCUT2D eigenvalue weighted by atomic mass is 32.2. The summed E-state index contributed by atoms with van der Waals surface area (Å²) in [5.74, 6) is 1.29. The zero-order chi connectivity index (χ0) is 19.5. The van der Waals surface area contributed by atoms with Crippen molar-refractivity contribution in [3.63, 3.8) is 0 Å². The standard InChI is InChI=1S/C21H23N3O2S2/c1-24(11-14-7-9-15(26-2)10-8-14)18(25)12-27-20-19-16-5-3-4-6-17(16)28-21(19)23-13-22-20/h7-10,13H,3-6,11-12H2,1-2H3. The molecule has 1 aliphatic rings. The quantitative estimate of drug-likeness (QED) is 0.445. The summed E-state index contributed by atoms with van der Waals surface area (Å²) in [6.07, 6.45) is 6.34. The maximum absolute atomic E-state index is 12.6. The number of fused-ring (bicyclic) bond motifs is 3. The molecule has 2 heterocycles. The number of thiophene rings is 1. The van der Waals surface area contributed by atoms with Crippen LogP contribution < -0.4 is 4.74 Å². The first kappa shape index (κ1) is 19.2. The van der Waals surface area contributed by atoms with E-state index >= 15 is 0 Å². The van der Waals surface area contributed by atoms with E-state index < -0.39 is 0 Å². The molecule has 146 valence electrons. The van der Waals surface area contributed by atoms with Crippen LogP contribution in [0.15, 0.2) is 35.6 Å². The van der Waals surface area contributed by atoms with Crippen molar-refractivity contribution in [3.8, 4) is 5.75 Å². The van der Waals surface area contributed by atoms with Crippen molar-refractivity contribution < 1.29 is 9.53 Å². The van der Waals surface area contributed by atoms with Crippen LogP contribution in [0.1, 0.15) is 28.8 Å². The van der Waals surface area contributed by atoms with Gasteiger partial charge in [0.05, 0.1) is 12.9 Å². The van der Waals surface area contributed by atoms with Crippen LogP contribution in [-0.4, -0.2) is 40.7 Å². The van der Waals surface area contributed by atoms with Crippen LogP contribution in [0.4, 0.5) is 0 Å². The number of hydrogen-bond donors (Lipinski definition) is 0. The Morgan fingerprint density at radius 3 is 2.79 bits per heavy atom. The van der Waals surface area contributed by atoms with Crippen molar-refractivity contribution in [2.75, 3.05) is 19.9 Å². The number of aromatic nitrogens is 2. The zero-order valence-electron chi connectivity index (χ0n) is 16.1. The largest absolute Gasteiger partial charge is 0.497 e. The lowest BCUT2D eigenvalue weighted by Crippen LogP contribution is -2.27. The fourth-order valence-electron chi connectivity index (χ4n) is 3.50. The van der Waals surface area contributed by atoms with Crippen molar-refractivity contribution in [1.82, 2.24) is 14.9 Å². The SMILES string of the molecule is COc1ccc(CN(C)C(=O)CSc2ncnc3sc4c(c23)CCCC4)cc1. The maximum atomic E-state index is 12.6. The predicted molar refractivity (Wildman–Crippen MR) is 114 cm³/mol. The Balaban J connectivity index is 1.43. The average Bonchev–Trinajstić information content (AvgIpc) is 3.11. The Morgan fingerprint density at radius 2 is 2.00 bits per heavy atom. The highest BCUT2D eigenvalue weighted by Gasteiger charge is 2.21. The van der Waals surface area contributed by atoms with Crippen molar-refractivity contribution in [1.29, 1.82) is 0 Å². The molecule has 0 atom stereocenters. The molecular weight excluding hydrogens is 390 g/mol. The molecule has 7 heteroatoms. The van der Waals surface area contributed by atoms with E-state index in [0.717, 1.165) is 34.0 Å². The number of thioether (sulfide) groups is 1. The van der Waals surface area contributed by atoms with Gasteiger partial charge < -0.3 is 9.64 Å². The van der Waals surface area contributed by atoms with Crippen LogP contribution in [0.5, 0.6) is 5.75 Å². The summed E-state index contributed by atoms with van der Waals surface area (Å²) in [4.78, 5) is 25.9. The van der Waals surface area contributed by atoms with Crippen molar-refractivity contribution in [2.24, 2.45) is 0 Å². The van der Waals surface area contributed by atoms with E-state index in [1.54, 1.807) is 29.7 Å². The van der Waals surface area contributed by atoms with Gasteiger partial charge in [-0.2, -0.15) is 0 Å². The number of benzene rings is 1. The topological polar surface area (TPSA) is 55.3 Å². The van der Waals surface area contributed by atoms with Gasteiger partial charge >= 0.3 is 0 Å². The fraction of sp³-hybridized carbons (Fsp3) is 0.381. The number of hydrogen-bond acceptors (Lipinski definition) is 6. The van der Waals surface area contributed by atoms with Gasteiger partial charge in [0.1, 0.15) is 21.9 Å². The van der Waals surface area contributed by atoms with Gasteiger partial charge in [-0.25, -0.2) is 9.97 Å². The second-order valence-corrected chi connectivity index (χ2v) is 9.00. The Hall–Kier alpha value is -2.12. The fourth-order valence-corrected chi connectivity index (χ4v) is 5.76. The Bertz CT molecular complexity index is 985. The van der Waals surface area contributed by atoms with Crippen molar-refractivity contribution in [3.05, 3.63) is 46.6 Å². The van der Waals surface area contributed by atoms with E-state index in [-0.39, 0.29) is 5.91 Å². The van der Waals surface area contributed by atoms with Gasteiger partial charge in [0.25, 0.3) is 0 Å². The molecule has 0 bridgehead atoms. The molecule has 0 saturated heterocycles. The van der Waals surface area contributed by atoms with Gasteiger partial charge in [-0.15, -0.1) is 11.3 Å². The van der Waals surface area contributed by atoms with Crippen LogP contribution in [0, 0.1) is 0 Å².